The van der Waals surface area contributed by atoms with Gasteiger partial charge in [0.15, 0.2) is 6.10 Å². The Morgan fingerprint density at radius 1 is 0.273 bits per heavy atom. The Kier molecular flexibility index (Phi) is 63.2. The van der Waals surface area contributed by atoms with E-state index < -0.39 is 6.10 Å². The van der Waals surface area contributed by atoms with Crippen molar-refractivity contribution in [2.75, 3.05) is 13.2 Å². The van der Waals surface area contributed by atoms with Crippen LogP contribution in [-0.2, 0) is 28.6 Å². The molecule has 0 saturated heterocycles. The molecule has 0 aliphatic rings. The molecule has 0 saturated carbocycles. The van der Waals surface area contributed by atoms with E-state index in [0.717, 1.165) is 96.3 Å². The molecule has 0 aromatic heterocycles. The average molecular weight is 1080 g/mol. The Bertz CT molecular complexity index is 1380. The third-order valence-electron chi connectivity index (χ3n) is 15.0. The molecule has 0 aliphatic heterocycles. The number of unbranched alkanes of at least 4 members (excludes halogenated alkanes) is 41. The third kappa shape index (κ3) is 63.8. The maximum Gasteiger partial charge on any atom is 0.306 e. The van der Waals surface area contributed by atoms with Crippen LogP contribution in [0.5, 0.6) is 0 Å². The largest absolute Gasteiger partial charge is 0.462 e. The van der Waals surface area contributed by atoms with E-state index in [0.29, 0.717) is 19.3 Å². The summed E-state index contributed by atoms with van der Waals surface area (Å²) in [5.74, 6) is -0.860. The lowest BCUT2D eigenvalue weighted by Crippen LogP contribution is -2.30. The molecule has 0 fully saturated rings. The van der Waals surface area contributed by atoms with Gasteiger partial charge in [-0.2, -0.15) is 0 Å². The van der Waals surface area contributed by atoms with Crippen molar-refractivity contribution >= 4 is 17.9 Å². The molecule has 0 aromatic carbocycles. The predicted molar refractivity (Wildman–Crippen MR) is 335 cm³/mol. The van der Waals surface area contributed by atoms with Crippen molar-refractivity contribution in [2.24, 2.45) is 0 Å². The standard InChI is InChI=1S/C71H128O6/c1-4-7-10-13-16-19-22-25-28-30-32-34-36-38-39-41-43-46-49-52-55-58-61-64-70(73)76-67-68(66-75-69(72)63-60-57-54-51-48-45-27-24-21-18-15-12-9-6-3)77-71(74)65-62-59-56-53-50-47-44-42-40-37-35-33-31-29-26-23-20-17-14-11-8-5-2/h7,10,16,19,25,28,32,34,38-39,68H,4-6,8-9,11-15,17-18,20-24,26-27,29-31,33,35-37,40-67H2,1-3H3/b10-7-,19-16-,28-25-,34-32-,39-38-. The summed E-state index contributed by atoms with van der Waals surface area (Å²) in [6.45, 7) is 6.58. The monoisotopic (exact) mass is 1080 g/mol. The van der Waals surface area contributed by atoms with Crippen molar-refractivity contribution in [3.05, 3.63) is 60.8 Å². The van der Waals surface area contributed by atoms with Gasteiger partial charge in [-0.1, -0.05) is 332 Å². The fourth-order valence-corrected chi connectivity index (χ4v) is 10.0. The minimum absolute atomic E-state index is 0.0725. The second-order valence-corrected chi connectivity index (χ2v) is 22.7. The van der Waals surface area contributed by atoms with Crippen LogP contribution in [0.1, 0.15) is 355 Å². The van der Waals surface area contributed by atoms with E-state index in [1.807, 2.05) is 0 Å². The first-order valence-corrected chi connectivity index (χ1v) is 33.8. The molecule has 0 amide bonds. The fraction of sp³-hybridized carbons (Fsp3) is 0.817. The first kappa shape index (κ1) is 74.1. The Hall–Kier alpha value is -2.89. The summed E-state index contributed by atoms with van der Waals surface area (Å²) in [5, 5.41) is 0. The first-order chi connectivity index (χ1) is 38.0. The minimum atomic E-state index is -0.777. The highest BCUT2D eigenvalue weighted by Gasteiger charge is 2.19. The SMILES string of the molecule is CC/C=C\C/C=C\C/C=C\C/C=C\C/C=C\CCCCCCCCCC(=O)OCC(COC(=O)CCCCCCCCCCCCCCCC)OC(=O)CCCCCCCCCCCCCCCCCCCCCCCC. The van der Waals surface area contributed by atoms with Crippen molar-refractivity contribution in [2.45, 2.75) is 361 Å². The lowest BCUT2D eigenvalue weighted by Gasteiger charge is -2.18. The summed E-state index contributed by atoms with van der Waals surface area (Å²) in [7, 11) is 0. The highest BCUT2D eigenvalue weighted by molar-refractivity contribution is 5.71. The van der Waals surface area contributed by atoms with Gasteiger partial charge in [0.05, 0.1) is 0 Å². The second kappa shape index (κ2) is 65.6. The Balaban J connectivity index is 4.32. The van der Waals surface area contributed by atoms with Gasteiger partial charge >= 0.3 is 17.9 Å². The lowest BCUT2D eigenvalue weighted by atomic mass is 10.0. The topological polar surface area (TPSA) is 78.9 Å². The first-order valence-electron chi connectivity index (χ1n) is 33.8. The number of carbonyl (C=O) groups is 3. The zero-order valence-corrected chi connectivity index (χ0v) is 51.5. The van der Waals surface area contributed by atoms with Crippen LogP contribution in [0.4, 0.5) is 0 Å². The highest BCUT2D eigenvalue weighted by atomic mass is 16.6. The van der Waals surface area contributed by atoms with Crippen molar-refractivity contribution in [3.8, 4) is 0 Å². The molecule has 6 nitrogen and oxygen atoms in total. The molecule has 1 unspecified atom stereocenters. The van der Waals surface area contributed by atoms with E-state index >= 15 is 0 Å². The molecule has 0 N–H and O–H groups in total. The molecule has 6 heteroatoms. The summed E-state index contributed by atoms with van der Waals surface area (Å²) in [5.41, 5.74) is 0. The summed E-state index contributed by atoms with van der Waals surface area (Å²) in [4.78, 5) is 38.4. The number of ether oxygens (including phenoxy) is 3. The zero-order chi connectivity index (χ0) is 55.7. The summed E-state index contributed by atoms with van der Waals surface area (Å²) < 4.78 is 17.0. The number of carbonyl (C=O) groups excluding carboxylic acids is 3. The normalized spacial score (nSPS) is 12.4. The number of allylic oxidation sites excluding steroid dienone is 10. The van der Waals surface area contributed by atoms with Gasteiger partial charge in [-0.15, -0.1) is 0 Å². The second-order valence-electron chi connectivity index (χ2n) is 22.7. The minimum Gasteiger partial charge on any atom is -0.462 e. The van der Waals surface area contributed by atoms with E-state index in [4.69, 9.17) is 14.2 Å². The molecule has 0 rings (SSSR count). The number of hydrogen-bond donors (Lipinski definition) is 0. The van der Waals surface area contributed by atoms with Crippen molar-refractivity contribution in [1.82, 2.24) is 0 Å². The van der Waals surface area contributed by atoms with E-state index in [2.05, 4.69) is 81.5 Å². The van der Waals surface area contributed by atoms with Crippen LogP contribution in [0.3, 0.4) is 0 Å². The molecule has 0 aromatic rings. The van der Waals surface area contributed by atoms with Gasteiger partial charge in [0.25, 0.3) is 0 Å². The van der Waals surface area contributed by atoms with E-state index in [-0.39, 0.29) is 31.1 Å². The van der Waals surface area contributed by atoms with Crippen LogP contribution in [-0.4, -0.2) is 37.2 Å². The van der Waals surface area contributed by atoms with Gasteiger partial charge in [-0.25, -0.2) is 0 Å². The Labute approximate surface area is 479 Å². The van der Waals surface area contributed by atoms with Crippen LogP contribution in [0.2, 0.25) is 0 Å². The van der Waals surface area contributed by atoms with Crippen LogP contribution < -0.4 is 0 Å². The van der Waals surface area contributed by atoms with Crippen LogP contribution >= 0.6 is 0 Å². The van der Waals surface area contributed by atoms with Crippen LogP contribution in [0, 0.1) is 0 Å². The number of hydrogen-bond acceptors (Lipinski definition) is 6. The number of rotatable bonds is 62. The average Bonchev–Trinajstić information content (AvgIpc) is 3.43. The van der Waals surface area contributed by atoms with Crippen LogP contribution in [0.25, 0.3) is 0 Å². The van der Waals surface area contributed by atoms with E-state index in [1.165, 1.54) is 218 Å². The van der Waals surface area contributed by atoms with Gasteiger partial charge in [-0.05, 0) is 64.2 Å². The van der Waals surface area contributed by atoms with Gasteiger partial charge in [0, 0.05) is 19.3 Å². The van der Waals surface area contributed by atoms with Gasteiger partial charge in [-0.3, -0.25) is 14.4 Å². The van der Waals surface area contributed by atoms with Crippen molar-refractivity contribution in [1.29, 1.82) is 0 Å². The molecule has 448 valence electrons. The smallest absolute Gasteiger partial charge is 0.306 e. The molecular weight excluding hydrogens is 949 g/mol. The molecule has 0 bridgehead atoms. The lowest BCUT2D eigenvalue weighted by molar-refractivity contribution is -0.167. The highest BCUT2D eigenvalue weighted by Crippen LogP contribution is 2.18. The molecule has 0 heterocycles. The van der Waals surface area contributed by atoms with Gasteiger partial charge < -0.3 is 14.2 Å². The van der Waals surface area contributed by atoms with E-state index in [1.54, 1.807) is 0 Å². The van der Waals surface area contributed by atoms with Crippen LogP contribution in [0.15, 0.2) is 60.8 Å². The zero-order valence-electron chi connectivity index (χ0n) is 51.5. The molecule has 0 aliphatic carbocycles. The molecular formula is C71H128O6. The predicted octanol–water partition coefficient (Wildman–Crippen LogP) is 23.1. The quantitative estimate of drug-likeness (QED) is 0.0261. The molecule has 1 atom stereocenters. The molecule has 0 spiro atoms. The summed E-state index contributed by atoms with van der Waals surface area (Å²) in [6.07, 6.45) is 83.7. The maximum atomic E-state index is 12.9. The summed E-state index contributed by atoms with van der Waals surface area (Å²) >= 11 is 0. The Morgan fingerprint density at radius 2 is 0.506 bits per heavy atom. The summed E-state index contributed by atoms with van der Waals surface area (Å²) in [6, 6.07) is 0. The maximum absolute atomic E-state index is 12.9. The molecule has 77 heavy (non-hydrogen) atoms. The van der Waals surface area contributed by atoms with Gasteiger partial charge in [0.1, 0.15) is 13.2 Å². The number of esters is 3. The molecule has 0 radical (unpaired) electrons. The van der Waals surface area contributed by atoms with Crippen molar-refractivity contribution < 1.29 is 28.6 Å². The fourth-order valence-electron chi connectivity index (χ4n) is 10.0. The van der Waals surface area contributed by atoms with E-state index in [9.17, 15) is 14.4 Å². The van der Waals surface area contributed by atoms with Gasteiger partial charge in [0.2, 0.25) is 0 Å². The Morgan fingerprint density at radius 3 is 0.792 bits per heavy atom. The third-order valence-corrected chi connectivity index (χ3v) is 15.0. The van der Waals surface area contributed by atoms with Crippen molar-refractivity contribution in [3.63, 3.8) is 0 Å².